The van der Waals surface area contributed by atoms with E-state index in [0.717, 1.165) is 23.2 Å². The summed E-state index contributed by atoms with van der Waals surface area (Å²) in [4.78, 5) is 9.55. The molecule has 1 aliphatic rings. The quantitative estimate of drug-likeness (QED) is 0.416. The summed E-state index contributed by atoms with van der Waals surface area (Å²) in [6, 6.07) is 6.18. The highest BCUT2D eigenvalue weighted by atomic mass is 32.2. The standard InChI is InChI=1S/C27H38FN3O4S/c1-16(2)25-23(12-11-21(32)14-22(33)15-24-34-17(3)13-18(4)35-24)26(19-7-9-20(28)10-8-19)30-27(29-25)31(5)36-6/h7-12,16-18,21-22,24,32-33H,13-15H2,1-6H3/b12-11+. The lowest BCUT2D eigenvalue weighted by Gasteiger charge is -2.33. The molecular weight excluding hydrogens is 481 g/mol. The third-order valence-electron chi connectivity index (χ3n) is 6.08. The van der Waals surface area contributed by atoms with Crippen LogP contribution in [0.5, 0.6) is 0 Å². The molecule has 0 saturated carbocycles. The summed E-state index contributed by atoms with van der Waals surface area (Å²) in [6.07, 6.45) is 4.61. The number of hydrogen-bond donors (Lipinski definition) is 2. The minimum absolute atomic E-state index is 0.0724. The first-order chi connectivity index (χ1) is 17.1. The molecule has 4 unspecified atom stereocenters. The van der Waals surface area contributed by atoms with Gasteiger partial charge in [0.2, 0.25) is 5.95 Å². The van der Waals surface area contributed by atoms with E-state index in [1.165, 1.54) is 24.1 Å². The lowest BCUT2D eigenvalue weighted by atomic mass is 9.97. The molecule has 9 heteroatoms. The Balaban J connectivity index is 1.85. The lowest BCUT2D eigenvalue weighted by Crippen LogP contribution is -2.37. The van der Waals surface area contributed by atoms with E-state index < -0.39 is 18.5 Å². The van der Waals surface area contributed by atoms with E-state index in [9.17, 15) is 14.6 Å². The van der Waals surface area contributed by atoms with Gasteiger partial charge in [-0.3, -0.25) is 4.31 Å². The van der Waals surface area contributed by atoms with Gasteiger partial charge >= 0.3 is 0 Å². The molecule has 0 aliphatic carbocycles. The maximum Gasteiger partial charge on any atom is 0.236 e. The first-order valence-corrected chi connectivity index (χ1v) is 13.6. The number of aromatic nitrogens is 2. The number of ether oxygens (including phenoxy) is 2. The molecule has 198 valence electrons. The molecule has 2 N–H and O–H groups in total. The number of hydrogen-bond acceptors (Lipinski definition) is 8. The molecule has 0 bridgehead atoms. The van der Waals surface area contributed by atoms with E-state index >= 15 is 0 Å². The predicted molar refractivity (Wildman–Crippen MR) is 143 cm³/mol. The van der Waals surface area contributed by atoms with Crippen LogP contribution in [0.4, 0.5) is 10.3 Å². The molecule has 4 atom stereocenters. The Bertz CT molecular complexity index is 1010. The van der Waals surface area contributed by atoms with E-state index in [2.05, 4.69) is 0 Å². The van der Waals surface area contributed by atoms with Gasteiger partial charge in [0.25, 0.3) is 0 Å². The highest BCUT2D eigenvalue weighted by Gasteiger charge is 2.27. The van der Waals surface area contributed by atoms with Crippen molar-refractivity contribution in [3.05, 3.63) is 47.4 Å². The molecule has 3 rings (SSSR count). The van der Waals surface area contributed by atoms with Crippen LogP contribution in [0.1, 0.15) is 64.1 Å². The van der Waals surface area contributed by atoms with Gasteiger partial charge in [-0.25, -0.2) is 14.4 Å². The maximum absolute atomic E-state index is 13.6. The predicted octanol–water partition coefficient (Wildman–Crippen LogP) is 5.18. The Morgan fingerprint density at radius 1 is 1.14 bits per heavy atom. The van der Waals surface area contributed by atoms with Crippen molar-refractivity contribution in [1.82, 2.24) is 9.97 Å². The summed E-state index contributed by atoms with van der Waals surface area (Å²) in [7, 11) is 1.89. The Hall–Kier alpha value is -2.04. The normalized spacial score (nSPS) is 22.2. The van der Waals surface area contributed by atoms with Crippen LogP contribution in [0.15, 0.2) is 30.3 Å². The first-order valence-electron chi connectivity index (χ1n) is 12.4. The molecule has 1 aromatic carbocycles. The Morgan fingerprint density at radius 2 is 1.78 bits per heavy atom. The summed E-state index contributed by atoms with van der Waals surface area (Å²) >= 11 is 1.49. The van der Waals surface area contributed by atoms with Crippen LogP contribution >= 0.6 is 11.9 Å². The molecule has 7 nitrogen and oxygen atoms in total. The van der Waals surface area contributed by atoms with Crippen molar-refractivity contribution in [1.29, 1.82) is 0 Å². The van der Waals surface area contributed by atoms with E-state index in [1.807, 2.05) is 45.3 Å². The van der Waals surface area contributed by atoms with Gasteiger partial charge in [0.1, 0.15) is 5.82 Å². The van der Waals surface area contributed by atoms with Crippen molar-refractivity contribution in [3.63, 3.8) is 0 Å². The summed E-state index contributed by atoms with van der Waals surface area (Å²) in [5.41, 5.74) is 2.97. The van der Waals surface area contributed by atoms with Crippen LogP contribution in [0.2, 0.25) is 0 Å². The first kappa shape index (κ1) is 28.5. The minimum atomic E-state index is -0.895. The Morgan fingerprint density at radius 3 is 2.36 bits per heavy atom. The summed E-state index contributed by atoms with van der Waals surface area (Å²) in [5, 5.41) is 21.2. The zero-order valence-electron chi connectivity index (χ0n) is 21.9. The molecule has 2 heterocycles. The monoisotopic (exact) mass is 519 g/mol. The molecule has 1 aromatic heterocycles. The van der Waals surface area contributed by atoms with Gasteiger partial charge < -0.3 is 19.7 Å². The van der Waals surface area contributed by atoms with Gasteiger partial charge in [-0.1, -0.05) is 37.9 Å². The van der Waals surface area contributed by atoms with Gasteiger partial charge in [-0.15, -0.1) is 0 Å². The van der Waals surface area contributed by atoms with Crippen molar-refractivity contribution in [2.45, 2.75) is 83.6 Å². The summed E-state index contributed by atoms with van der Waals surface area (Å²) in [6.45, 7) is 8.07. The lowest BCUT2D eigenvalue weighted by molar-refractivity contribution is -0.243. The van der Waals surface area contributed by atoms with Crippen LogP contribution < -0.4 is 4.31 Å². The van der Waals surface area contributed by atoms with Crippen molar-refractivity contribution in [3.8, 4) is 11.3 Å². The number of rotatable bonds is 10. The zero-order chi connectivity index (χ0) is 26.4. The van der Waals surface area contributed by atoms with Gasteiger partial charge in [-0.2, -0.15) is 0 Å². The number of anilines is 1. The molecule has 2 aromatic rings. The zero-order valence-corrected chi connectivity index (χ0v) is 22.7. The van der Waals surface area contributed by atoms with Crippen molar-refractivity contribution >= 4 is 24.0 Å². The second-order valence-corrected chi connectivity index (χ2v) is 10.5. The molecule has 1 saturated heterocycles. The fourth-order valence-corrected chi connectivity index (χ4v) is 4.50. The molecule has 0 radical (unpaired) electrons. The fourth-order valence-electron chi connectivity index (χ4n) is 4.25. The number of aliphatic hydroxyl groups is 2. The number of aliphatic hydroxyl groups excluding tert-OH is 2. The minimum Gasteiger partial charge on any atom is -0.393 e. The number of halogens is 1. The summed E-state index contributed by atoms with van der Waals surface area (Å²) < 4.78 is 27.0. The average Bonchev–Trinajstić information content (AvgIpc) is 2.81. The molecule has 1 fully saturated rings. The molecule has 36 heavy (non-hydrogen) atoms. The number of nitrogens with zero attached hydrogens (tertiary/aromatic N) is 3. The maximum atomic E-state index is 13.6. The van der Waals surface area contributed by atoms with Crippen molar-refractivity contribution in [2.24, 2.45) is 0 Å². The highest BCUT2D eigenvalue weighted by molar-refractivity contribution is 7.99. The van der Waals surface area contributed by atoms with E-state index in [1.54, 1.807) is 24.3 Å². The van der Waals surface area contributed by atoms with Gasteiger partial charge in [0.05, 0.1) is 35.8 Å². The third-order valence-corrected chi connectivity index (χ3v) is 6.79. The van der Waals surface area contributed by atoms with E-state index in [0.29, 0.717) is 11.6 Å². The van der Waals surface area contributed by atoms with Crippen molar-refractivity contribution in [2.75, 3.05) is 17.6 Å². The molecule has 0 amide bonds. The second-order valence-electron chi connectivity index (χ2n) is 9.62. The van der Waals surface area contributed by atoms with Crippen molar-refractivity contribution < 1.29 is 24.1 Å². The summed E-state index contributed by atoms with van der Waals surface area (Å²) in [5.74, 6) is 0.303. The smallest absolute Gasteiger partial charge is 0.236 e. The van der Waals surface area contributed by atoms with Gasteiger partial charge in [0.15, 0.2) is 6.29 Å². The van der Waals surface area contributed by atoms with Gasteiger partial charge in [0, 0.05) is 37.3 Å². The molecular formula is C27H38FN3O4S. The van der Waals surface area contributed by atoms with Crippen LogP contribution in [0, 0.1) is 5.82 Å². The van der Waals surface area contributed by atoms with Crippen LogP contribution in [0.3, 0.4) is 0 Å². The molecule has 0 spiro atoms. The largest absolute Gasteiger partial charge is 0.393 e. The van der Waals surface area contributed by atoms with Gasteiger partial charge in [-0.05, 0) is 50.5 Å². The second kappa shape index (κ2) is 13.0. The fraction of sp³-hybridized carbons (Fsp3) is 0.556. The van der Waals surface area contributed by atoms with Crippen LogP contribution in [-0.4, -0.2) is 64.2 Å². The Kier molecular flexibility index (Phi) is 10.3. The third kappa shape index (κ3) is 7.73. The van der Waals surface area contributed by atoms with E-state index in [-0.39, 0.29) is 36.8 Å². The number of benzene rings is 1. The topological polar surface area (TPSA) is 87.9 Å². The average molecular weight is 520 g/mol. The SMILES string of the molecule is CSN(C)c1nc(-c2ccc(F)cc2)c(/C=C/C(O)CC(O)CC2OC(C)CC(C)O2)c(C(C)C)n1. The van der Waals surface area contributed by atoms with Crippen LogP contribution in [0.25, 0.3) is 17.3 Å². The Labute approximate surface area is 217 Å². The molecule has 1 aliphatic heterocycles. The van der Waals surface area contributed by atoms with E-state index in [4.69, 9.17) is 19.4 Å². The highest BCUT2D eigenvalue weighted by Crippen LogP contribution is 2.32. The van der Waals surface area contributed by atoms with Crippen LogP contribution in [-0.2, 0) is 9.47 Å².